The van der Waals surface area contributed by atoms with Crippen molar-refractivity contribution < 1.29 is 14.3 Å². The summed E-state index contributed by atoms with van der Waals surface area (Å²) in [6.45, 7) is 6.29. The molecule has 18 heavy (non-hydrogen) atoms. The zero-order valence-electron chi connectivity index (χ0n) is 10.9. The lowest BCUT2D eigenvalue weighted by atomic mass is 10.2. The minimum atomic E-state index is -0.490. The molecule has 1 aliphatic heterocycles. The first-order valence-corrected chi connectivity index (χ1v) is 6.57. The minimum absolute atomic E-state index is 0.131. The monoisotopic (exact) mass is 256 g/mol. The predicted octanol–water partition coefficient (Wildman–Crippen LogP) is 0.592. The molecule has 0 aliphatic carbocycles. The summed E-state index contributed by atoms with van der Waals surface area (Å²) in [5.74, 6) is -0.131. The van der Waals surface area contributed by atoms with Crippen LogP contribution < -0.4 is 11.1 Å². The smallest absolute Gasteiger partial charge is 0.237 e. The molecule has 0 radical (unpaired) electrons. The van der Waals surface area contributed by atoms with E-state index in [1.54, 1.807) is 6.08 Å². The summed E-state index contributed by atoms with van der Waals surface area (Å²) in [5.41, 5.74) is 5.62. The van der Waals surface area contributed by atoms with E-state index in [1.807, 2.05) is 0 Å². The summed E-state index contributed by atoms with van der Waals surface area (Å²) in [6, 6.07) is -0.490. The van der Waals surface area contributed by atoms with Crippen LogP contribution in [-0.4, -0.2) is 44.4 Å². The van der Waals surface area contributed by atoms with Gasteiger partial charge in [-0.3, -0.25) is 4.79 Å². The fourth-order valence-corrected chi connectivity index (χ4v) is 1.79. The van der Waals surface area contributed by atoms with Crippen LogP contribution in [-0.2, 0) is 14.3 Å². The summed E-state index contributed by atoms with van der Waals surface area (Å²) in [5, 5.41) is 2.77. The standard InChI is InChI=1S/C13H24N2O3/c1-2-5-12(14)13(16)15-7-4-8-17-10-11-6-3-9-18-11/h2,11-12H,1,3-10,14H2,(H,15,16). The van der Waals surface area contributed by atoms with E-state index in [-0.39, 0.29) is 12.0 Å². The lowest BCUT2D eigenvalue weighted by molar-refractivity contribution is -0.122. The Labute approximate surface area is 109 Å². The zero-order chi connectivity index (χ0) is 13.2. The first-order valence-electron chi connectivity index (χ1n) is 6.57. The van der Waals surface area contributed by atoms with Crippen LogP contribution in [0.15, 0.2) is 12.7 Å². The summed E-state index contributed by atoms with van der Waals surface area (Å²) in [7, 11) is 0. The number of rotatable bonds is 9. The molecular formula is C13H24N2O3. The third-order valence-corrected chi connectivity index (χ3v) is 2.85. The van der Waals surface area contributed by atoms with Crippen molar-refractivity contribution in [3.63, 3.8) is 0 Å². The number of ether oxygens (including phenoxy) is 2. The zero-order valence-corrected chi connectivity index (χ0v) is 10.9. The highest BCUT2D eigenvalue weighted by Crippen LogP contribution is 2.11. The van der Waals surface area contributed by atoms with Gasteiger partial charge in [0.1, 0.15) is 0 Å². The van der Waals surface area contributed by atoms with Crippen LogP contribution in [0, 0.1) is 0 Å². The maximum absolute atomic E-state index is 11.4. The number of amides is 1. The quantitative estimate of drug-likeness (QED) is 0.468. The Kier molecular flexibility index (Phi) is 7.64. The summed E-state index contributed by atoms with van der Waals surface area (Å²) in [4.78, 5) is 11.4. The number of carbonyl (C=O) groups excluding carboxylic acids is 1. The Morgan fingerprint density at radius 2 is 2.50 bits per heavy atom. The van der Waals surface area contributed by atoms with Crippen molar-refractivity contribution in [3.8, 4) is 0 Å². The molecule has 0 aromatic rings. The highest BCUT2D eigenvalue weighted by molar-refractivity contribution is 5.81. The second-order valence-electron chi connectivity index (χ2n) is 4.49. The Hall–Kier alpha value is -0.910. The van der Waals surface area contributed by atoms with E-state index in [0.717, 1.165) is 25.9 Å². The van der Waals surface area contributed by atoms with E-state index in [9.17, 15) is 4.79 Å². The number of nitrogens with one attached hydrogen (secondary N) is 1. The van der Waals surface area contributed by atoms with Gasteiger partial charge in [0.25, 0.3) is 0 Å². The molecule has 1 rings (SSSR count). The van der Waals surface area contributed by atoms with Gasteiger partial charge in [-0.25, -0.2) is 0 Å². The molecule has 1 fully saturated rings. The normalized spacial score (nSPS) is 20.6. The molecule has 1 heterocycles. The SMILES string of the molecule is C=CCC(N)C(=O)NCCCOCC1CCCO1. The van der Waals surface area contributed by atoms with Gasteiger partial charge < -0.3 is 20.5 Å². The molecule has 5 heteroatoms. The van der Waals surface area contributed by atoms with Crippen molar-refractivity contribution in [1.82, 2.24) is 5.32 Å². The molecule has 5 nitrogen and oxygen atoms in total. The van der Waals surface area contributed by atoms with Gasteiger partial charge in [0, 0.05) is 19.8 Å². The van der Waals surface area contributed by atoms with Gasteiger partial charge in [0.05, 0.1) is 18.8 Å². The van der Waals surface area contributed by atoms with E-state index in [2.05, 4.69) is 11.9 Å². The summed E-state index contributed by atoms with van der Waals surface area (Å²) >= 11 is 0. The van der Waals surface area contributed by atoms with Crippen LogP contribution in [0.25, 0.3) is 0 Å². The van der Waals surface area contributed by atoms with Gasteiger partial charge >= 0.3 is 0 Å². The van der Waals surface area contributed by atoms with Gasteiger partial charge in [0.15, 0.2) is 0 Å². The number of hydrogen-bond donors (Lipinski definition) is 2. The van der Waals surface area contributed by atoms with Crippen molar-refractivity contribution in [2.24, 2.45) is 5.73 Å². The van der Waals surface area contributed by atoms with Gasteiger partial charge in [-0.1, -0.05) is 6.08 Å². The molecule has 3 N–H and O–H groups in total. The van der Waals surface area contributed by atoms with E-state index < -0.39 is 6.04 Å². The van der Waals surface area contributed by atoms with Gasteiger partial charge in [0.2, 0.25) is 5.91 Å². The first-order chi connectivity index (χ1) is 8.74. The molecule has 1 amide bonds. The second-order valence-corrected chi connectivity index (χ2v) is 4.49. The van der Waals surface area contributed by atoms with Crippen LogP contribution in [0.3, 0.4) is 0 Å². The molecule has 1 aliphatic rings. The molecule has 0 spiro atoms. The van der Waals surface area contributed by atoms with Crippen LogP contribution >= 0.6 is 0 Å². The van der Waals surface area contributed by atoms with Gasteiger partial charge in [-0.05, 0) is 25.7 Å². The maximum Gasteiger partial charge on any atom is 0.237 e. The predicted molar refractivity (Wildman–Crippen MR) is 70.2 cm³/mol. The Balaban J connectivity index is 1.91. The van der Waals surface area contributed by atoms with Crippen molar-refractivity contribution in [2.45, 2.75) is 37.8 Å². The van der Waals surface area contributed by atoms with Gasteiger partial charge in [-0.15, -0.1) is 6.58 Å². The number of hydrogen-bond acceptors (Lipinski definition) is 4. The average molecular weight is 256 g/mol. The van der Waals surface area contributed by atoms with E-state index in [4.69, 9.17) is 15.2 Å². The highest BCUT2D eigenvalue weighted by atomic mass is 16.5. The Morgan fingerprint density at radius 1 is 1.67 bits per heavy atom. The molecule has 0 aromatic carbocycles. The maximum atomic E-state index is 11.4. The second kappa shape index (κ2) is 9.08. The molecule has 104 valence electrons. The van der Waals surface area contributed by atoms with E-state index >= 15 is 0 Å². The third-order valence-electron chi connectivity index (χ3n) is 2.85. The minimum Gasteiger partial charge on any atom is -0.379 e. The topological polar surface area (TPSA) is 73.6 Å². The molecule has 2 atom stereocenters. The molecule has 0 bridgehead atoms. The molecular weight excluding hydrogens is 232 g/mol. The van der Waals surface area contributed by atoms with E-state index in [1.165, 1.54) is 0 Å². The summed E-state index contributed by atoms with van der Waals surface area (Å²) < 4.78 is 10.9. The summed E-state index contributed by atoms with van der Waals surface area (Å²) in [6.07, 6.45) is 5.43. The van der Waals surface area contributed by atoms with Crippen molar-refractivity contribution in [1.29, 1.82) is 0 Å². The number of nitrogens with two attached hydrogens (primary N) is 1. The lowest BCUT2D eigenvalue weighted by Gasteiger charge is -2.11. The van der Waals surface area contributed by atoms with Crippen LogP contribution in [0.1, 0.15) is 25.7 Å². The third kappa shape index (κ3) is 6.14. The van der Waals surface area contributed by atoms with E-state index in [0.29, 0.717) is 26.2 Å². The van der Waals surface area contributed by atoms with Crippen molar-refractivity contribution in [3.05, 3.63) is 12.7 Å². The molecule has 1 saturated heterocycles. The Morgan fingerprint density at radius 3 is 3.17 bits per heavy atom. The first kappa shape index (κ1) is 15.1. The Bertz CT molecular complexity index is 253. The highest BCUT2D eigenvalue weighted by Gasteiger charge is 2.15. The van der Waals surface area contributed by atoms with Crippen molar-refractivity contribution >= 4 is 5.91 Å². The molecule has 2 unspecified atom stereocenters. The average Bonchev–Trinajstić information content (AvgIpc) is 2.86. The van der Waals surface area contributed by atoms with Gasteiger partial charge in [-0.2, -0.15) is 0 Å². The fourth-order valence-electron chi connectivity index (χ4n) is 1.79. The van der Waals surface area contributed by atoms with Crippen molar-refractivity contribution in [2.75, 3.05) is 26.4 Å². The molecule has 0 aromatic heterocycles. The molecule has 0 saturated carbocycles. The van der Waals surface area contributed by atoms with Crippen LogP contribution in [0.4, 0.5) is 0 Å². The fraction of sp³-hybridized carbons (Fsp3) is 0.769. The lowest BCUT2D eigenvalue weighted by Crippen LogP contribution is -2.40. The largest absolute Gasteiger partial charge is 0.379 e. The number of carbonyl (C=O) groups is 1. The van der Waals surface area contributed by atoms with Crippen LogP contribution in [0.5, 0.6) is 0 Å². The van der Waals surface area contributed by atoms with Crippen LogP contribution in [0.2, 0.25) is 0 Å².